The molecule has 1 saturated heterocycles. The van der Waals surface area contributed by atoms with Gasteiger partial charge >= 0.3 is 6.03 Å². The Labute approximate surface area is 139 Å². The number of hydrazine groups is 1. The standard InChI is InChI=1S/C16H21FN4O3/c1-4-16(3)14(23)21(15(24)19-16)20-13(22)9-18-10(2)11-7-5-6-8-12(11)17/h5-8,10,18H,4,9H2,1-3H3,(H,19,24)(H,20,22)/t10-,16-/m0/s1. The molecule has 4 amide bonds. The lowest BCUT2D eigenvalue weighted by atomic mass is 10.00. The quantitative estimate of drug-likeness (QED) is 0.682. The summed E-state index contributed by atoms with van der Waals surface area (Å²) >= 11 is 0. The summed E-state index contributed by atoms with van der Waals surface area (Å²) in [6, 6.07) is 5.18. The Bertz CT molecular complexity index is 666. The Morgan fingerprint density at radius 3 is 2.62 bits per heavy atom. The summed E-state index contributed by atoms with van der Waals surface area (Å²) in [4.78, 5) is 35.9. The van der Waals surface area contributed by atoms with Crippen molar-refractivity contribution in [3.05, 3.63) is 35.6 Å². The molecule has 2 atom stereocenters. The number of amides is 4. The second-order valence-corrected chi connectivity index (χ2v) is 5.92. The maximum atomic E-state index is 13.7. The van der Waals surface area contributed by atoms with Crippen molar-refractivity contribution in [1.29, 1.82) is 0 Å². The number of halogens is 1. The molecule has 0 aromatic heterocycles. The van der Waals surface area contributed by atoms with Crippen LogP contribution in [0.15, 0.2) is 24.3 Å². The van der Waals surface area contributed by atoms with E-state index in [1.54, 1.807) is 39.0 Å². The zero-order valence-electron chi connectivity index (χ0n) is 13.9. The van der Waals surface area contributed by atoms with E-state index in [0.29, 0.717) is 17.0 Å². The van der Waals surface area contributed by atoms with E-state index in [1.165, 1.54) is 6.07 Å². The predicted octanol–water partition coefficient (Wildman–Crippen LogP) is 1.23. The summed E-state index contributed by atoms with van der Waals surface area (Å²) in [6.07, 6.45) is 0.409. The summed E-state index contributed by atoms with van der Waals surface area (Å²) < 4.78 is 13.7. The molecule has 0 aliphatic carbocycles. The van der Waals surface area contributed by atoms with E-state index in [4.69, 9.17) is 0 Å². The summed E-state index contributed by atoms with van der Waals surface area (Å²) in [5.41, 5.74) is 1.68. The fourth-order valence-electron chi connectivity index (χ4n) is 2.37. The minimum Gasteiger partial charge on any atom is -0.322 e. The highest BCUT2D eigenvalue weighted by atomic mass is 19.1. The number of rotatable bonds is 6. The summed E-state index contributed by atoms with van der Waals surface area (Å²) in [5.74, 6) is -1.45. The minimum absolute atomic E-state index is 0.171. The molecule has 1 aliphatic heterocycles. The molecule has 1 heterocycles. The van der Waals surface area contributed by atoms with Crippen LogP contribution in [0, 0.1) is 5.82 Å². The third-order valence-corrected chi connectivity index (χ3v) is 4.15. The molecule has 1 aromatic carbocycles. The molecule has 2 rings (SSSR count). The summed E-state index contributed by atoms with van der Waals surface area (Å²) in [5, 5.41) is 6.07. The first-order valence-corrected chi connectivity index (χ1v) is 7.72. The fraction of sp³-hybridized carbons (Fsp3) is 0.438. The van der Waals surface area contributed by atoms with Gasteiger partial charge in [0, 0.05) is 11.6 Å². The third-order valence-electron chi connectivity index (χ3n) is 4.15. The Kier molecular flexibility index (Phi) is 5.18. The molecule has 1 aromatic rings. The molecule has 0 radical (unpaired) electrons. The number of carbonyl (C=O) groups excluding carboxylic acids is 3. The Morgan fingerprint density at radius 1 is 1.38 bits per heavy atom. The molecular formula is C16H21FN4O3. The smallest absolute Gasteiger partial charge is 0.322 e. The molecule has 1 aliphatic rings. The largest absolute Gasteiger partial charge is 0.344 e. The SMILES string of the molecule is CC[C@]1(C)NC(=O)N(NC(=O)CN[C@@H](C)c2ccccc2F)C1=O. The average molecular weight is 336 g/mol. The van der Waals surface area contributed by atoms with Gasteiger partial charge in [-0.3, -0.25) is 15.0 Å². The van der Waals surface area contributed by atoms with Crippen LogP contribution in [-0.2, 0) is 9.59 Å². The molecule has 7 nitrogen and oxygen atoms in total. The molecule has 130 valence electrons. The molecule has 3 N–H and O–H groups in total. The first-order chi connectivity index (χ1) is 11.3. The molecule has 1 fully saturated rings. The lowest BCUT2D eigenvalue weighted by Gasteiger charge is -2.20. The van der Waals surface area contributed by atoms with Gasteiger partial charge in [0.25, 0.3) is 11.8 Å². The molecular weight excluding hydrogens is 315 g/mol. The molecule has 0 saturated carbocycles. The van der Waals surface area contributed by atoms with Gasteiger partial charge in [0.15, 0.2) is 0 Å². The number of nitrogens with zero attached hydrogens (tertiary/aromatic N) is 1. The van der Waals surface area contributed by atoms with E-state index < -0.39 is 29.4 Å². The van der Waals surface area contributed by atoms with Crippen molar-refractivity contribution in [3.63, 3.8) is 0 Å². The fourth-order valence-corrected chi connectivity index (χ4v) is 2.37. The van der Waals surface area contributed by atoms with Crippen LogP contribution in [0.1, 0.15) is 38.8 Å². The normalized spacial score (nSPS) is 21.6. The van der Waals surface area contributed by atoms with Crippen molar-refractivity contribution in [2.45, 2.75) is 38.8 Å². The van der Waals surface area contributed by atoms with Gasteiger partial charge in [0.2, 0.25) is 0 Å². The number of benzene rings is 1. The van der Waals surface area contributed by atoms with Gasteiger partial charge in [-0.25, -0.2) is 9.18 Å². The van der Waals surface area contributed by atoms with Crippen LogP contribution < -0.4 is 16.1 Å². The predicted molar refractivity (Wildman–Crippen MR) is 85.0 cm³/mol. The maximum Gasteiger partial charge on any atom is 0.344 e. The van der Waals surface area contributed by atoms with Crippen molar-refractivity contribution in [2.24, 2.45) is 0 Å². The zero-order chi connectivity index (χ0) is 17.9. The molecule has 8 heteroatoms. The average Bonchev–Trinajstić information content (AvgIpc) is 2.77. The molecule has 0 spiro atoms. The van der Waals surface area contributed by atoms with Crippen LogP contribution in [0.2, 0.25) is 0 Å². The van der Waals surface area contributed by atoms with E-state index in [9.17, 15) is 18.8 Å². The first-order valence-electron chi connectivity index (χ1n) is 7.72. The van der Waals surface area contributed by atoms with Crippen molar-refractivity contribution < 1.29 is 18.8 Å². The number of carbonyl (C=O) groups is 3. The second-order valence-electron chi connectivity index (χ2n) is 5.92. The van der Waals surface area contributed by atoms with Gasteiger partial charge in [-0.05, 0) is 26.3 Å². The molecule has 0 bridgehead atoms. The van der Waals surface area contributed by atoms with Crippen molar-refractivity contribution in [2.75, 3.05) is 6.54 Å². The minimum atomic E-state index is -1.02. The number of hydrogen-bond donors (Lipinski definition) is 3. The third kappa shape index (κ3) is 3.53. The molecule has 0 unspecified atom stereocenters. The topological polar surface area (TPSA) is 90.5 Å². The summed E-state index contributed by atoms with van der Waals surface area (Å²) in [6.45, 7) is 4.90. The van der Waals surface area contributed by atoms with Crippen molar-refractivity contribution in [1.82, 2.24) is 21.1 Å². The van der Waals surface area contributed by atoms with Gasteiger partial charge in [-0.15, -0.1) is 0 Å². The summed E-state index contributed by atoms with van der Waals surface area (Å²) in [7, 11) is 0. The number of urea groups is 1. The lowest BCUT2D eigenvalue weighted by Crippen LogP contribution is -2.50. The highest BCUT2D eigenvalue weighted by molar-refractivity contribution is 6.07. The number of hydrogen-bond acceptors (Lipinski definition) is 4. The highest BCUT2D eigenvalue weighted by Gasteiger charge is 2.47. The lowest BCUT2D eigenvalue weighted by molar-refractivity contribution is -0.138. The number of imide groups is 1. The van der Waals surface area contributed by atoms with Crippen LogP contribution in [0.5, 0.6) is 0 Å². The van der Waals surface area contributed by atoms with E-state index in [1.807, 2.05) is 0 Å². The maximum absolute atomic E-state index is 13.7. The van der Waals surface area contributed by atoms with Gasteiger partial charge in [0.1, 0.15) is 11.4 Å². The Morgan fingerprint density at radius 2 is 2.04 bits per heavy atom. The van der Waals surface area contributed by atoms with E-state index in [0.717, 1.165) is 0 Å². The Balaban J connectivity index is 1.91. The Hall–Kier alpha value is -2.48. The van der Waals surface area contributed by atoms with E-state index in [-0.39, 0.29) is 12.4 Å². The van der Waals surface area contributed by atoms with Gasteiger partial charge in [-0.1, -0.05) is 25.1 Å². The van der Waals surface area contributed by atoms with Crippen LogP contribution in [0.4, 0.5) is 9.18 Å². The van der Waals surface area contributed by atoms with Crippen molar-refractivity contribution in [3.8, 4) is 0 Å². The zero-order valence-corrected chi connectivity index (χ0v) is 13.9. The van der Waals surface area contributed by atoms with Crippen molar-refractivity contribution >= 4 is 17.8 Å². The monoisotopic (exact) mass is 336 g/mol. The van der Waals surface area contributed by atoms with Gasteiger partial charge in [0.05, 0.1) is 6.54 Å². The second kappa shape index (κ2) is 6.96. The van der Waals surface area contributed by atoms with Crippen LogP contribution >= 0.6 is 0 Å². The van der Waals surface area contributed by atoms with Crippen LogP contribution in [-0.4, -0.2) is 34.9 Å². The van der Waals surface area contributed by atoms with E-state index in [2.05, 4.69) is 16.1 Å². The first kappa shape index (κ1) is 17.9. The highest BCUT2D eigenvalue weighted by Crippen LogP contribution is 2.19. The number of nitrogens with one attached hydrogen (secondary N) is 3. The van der Waals surface area contributed by atoms with E-state index >= 15 is 0 Å². The van der Waals surface area contributed by atoms with Gasteiger partial charge < -0.3 is 10.6 Å². The van der Waals surface area contributed by atoms with Gasteiger partial charge in [-0.2, -0.15) is 5.01 Å². The van der Waals surface area contributed by atoms with Crippen LogP contribution in [0.3, 0.4) is 0 Å². The molecule has 24 heavy (non-hydrogen) atoms. The van der Waals surface area contributed by atoms with Crippen LogP contribution in [0.25, 0.3) is 0 Å².